The van der Waals surface area contributed by atoms with E-state index in [9.17, 15) is 9.59 Å². The van der Waals surface area contributed by atoms with E-state index in [0.717, 1.165) is 24.1 Å². The third-order valence-electron chi connectivity index (χ3n) is 6.15. The van der Waals surface area contributed by atoms with Crippen LogP contribution in [0.25, 0.3) is 0 Å². The average molecular weight is 409 g/mol. The van der Waals surface area contributed by atoms with Crippen molar-refractivity contribution in [3.8, 4) is 5.88 Å². The Balaban J connectivity index is 1.81. The van der Waals surface area contributed by atoms with Crippen molar-refractivity contribution in [3.63, 3.8) is 0 Å². The first-order valence-corrected chi connectivity index (χ1v) is 10.4. The normalized spacial score (nSPS) is 22.8. The van der Waals surface area contributed by atoms with Crippen LogP contribution in [0.3, 0.4) is 0 Å². The molecule has 0 bridgehead atoms. The van der Waals surface area contributed by atoms with E-state index in [2.05, 4.69) is 22.5 Å². The molecule has 7 nitrogen and oxygen atoms in total. The van der Waals surface area contributed by atoms with Crippen LogP contribution in [0.1, 0.15) is 48.7 Å². The largest absolute Gasteiger partial charge is 0.481 e. The van der Waals surface area contributed by atoms with Crippen molar-refractivity contribution in [1.82, 2.24) is 10.3 Å². The Labute approximate surface area is 176 Å². The van der Waals surface area contributed by atoms with E-state index in [1.54, 1.807) is 33.2 Å². The number of benzene rings is 1. The number of pyridine rings is 1. The quantitative estimate of drug-likeness (QED) is 0.792. The summed E-state index contributed by atoms with van der Waals surface area (Å²) >= 11 is 0. The van der Waals surface area contributed by atoms with Gasteiger partial charge in [-0.1, -0.05) is 13.0 Å². The molecular weight excluding hydrogens is 380 g/mol. The van der Waals surface area contributed by atoms with Gasteiger partial charge in [-0.25, -0.2) is 0 Å². The Morgan fingerprint density at radius 3 is 2.60 bits per heavy atom. The van der Waals surface area contributed by atoms with E-state index in [0.29, 0.717) is 23.2 Å². The molecule has 4 rings (SSSR count). The second-order valence-electron chi connectivity index (χ2n) is 8.12. The summed E-state index contributed by atoms with van der Waals surface area (Å²) in [6.07, 6.45) is 2.27. The minimum absolute atomic E-state index is 0.0330. The van der Waals surface area contributed by atoms with Crippen LogP contribution in [0.5, 0.6) is 5.88 Å². The van der Waals surface area contributed by atoms with E-state index < -0.39 is 0 Å². The first-order chi connectivity index (χ1) is 14.4. The molecule has 0 radical (unpaired) electrons. The van der Waals surface area contributed by atoms with Gasteiger partial charge in [-0.3, -0.25) is 9.59 Å². The van der Waals surface area contributed by atoms with Crippen molar-refractivity contribution < 1.29 is 14.3 Å². The fourth-order valence-corrected chi connectivity index (χ4v) is 4.62. The van der Waals surface area contributed by atoms with Crippen LogP contribution in [0.4, 0.5) is 11.5 Å². The number of fused-ring (bicyclic) bond motifs is 1. The predicted molar refractivity (Wildman–Crippen MR) is 116 cm³/mol. The topological polar surface area (TPSA) is 83.6 Å². The molecule has 30 heavy (non-hydrogen) atoms. The zero-order valence-corrected chi connectivity index (χ0v) is 17.8. The molecule has 2 aromatic rings. The molecular formula is C23H28N4O3. The molecule has 2 heterocycles. The lowest BCUT2D eigenvalue weighted by molar-refractivity contribution is -0.117. The van der Waals surface area contributed by atoms with E-state index in [1.165, 1.54) is 0 Å². The number of hydrogen-bond acceptors (Lipinski definition) is 5. The summed E-state index contributed by atoms with van der Waals surface area (Å²) in [5.41, 5.74) is 2.37. The van der Waals surface area contributed by atoms with Crippen LogP contribution in [-0.4, -0.2) is 37.0 Å². The highest BCUT2D eigenvalue weighted by Crippen LogP contribution is 2.50. The van der Waals surface area contributed by atoms with Gasteiger partial charge < -0.3 is 20.3 Å². The fourth-order valence-electron chi connectivity index (χ4n) is 4.62. The Bertz CT molecular complexity index is 973. The minimum Gasteiger partial charge on any atom is -0.481 e. The molecule has 0 saturated heterocycles. The van der Waals surface area contributed by atoms with Crippen molar-refractivity contribution in [2.75, 3.05) is 24.4 Å². The Morgan fingerprint density at radius 1 is 1.20 bits per heavy atom. The lowest BCUT2D eigenvalue weighted by atomic mass is 9.79. The molecule has 158 valence electrons. The smallest absolute Gasteiger partial charge is 0.251 e. The van der Waals surface area contributed by atoms with Crippen LogP contribution >= 0.6 is 0 Å². The summed E-state index contributed by atoms with van der Waals surface area (Å²) in [5, 5.41) is 6.24. The number of ether oxygens (including phenoxy) is 1. The third kappa shape index (κ3) is 3.60. The molecule has 3 unspecified atom stereocenters. The van der Waals surface area contributed by atoms with E-state index >= 15 is 0 Å². The number of carbonyl (C=O) groups excluding carboxylic acids is 2. The molecule has 0 spiro atoms. The molecule has 1 fully saturated rings. The van der Waals surface area contributed by atoms with Gasteiger partial charge in [0.2, 0.25) is 11.8 Å². The summed E-state index contributed by atoms with van der Waals surface area (Å²) in [6, 6.07) is 11.2. The molecule has 2 amide bonds. The summed E-state index contributed by atoms with van der Waals surface area (Å²) in [5.74, 6) is 1.76. The predicted octanol–water partition coefficient (Wildman–Crippen LogP) is 3.38. The lowest BCUT2D eigenvalue weighted by Gasteiger charge is -2.46. The number of carbonyl (C=O) groups is 2. The molecule has 1 saturated carbocycles. The highest BCUT2D eigenvalue weighted by molar-refractivity contribution is 5.98. The van der Waals surface area contributed by atoms with Crippen LogP contribution in [0.15, 0.2) is 36.4 Å². The maximum Gasteiger partial charge on any atom is 0.251 e. The standard InChI is InChI=1S/C23H28N4O3/c1-13-21(26-19-6-5-7-20(25-19)30-4)17-12-16(23(29)24-3)10-11-18(17)27(14(2)28)22(13)15-8-9-15/h5-7,10-13,15,21-22H,8-9H2,1-4H3,(H,24,29)(H,25,26). The maximum absolute atomic E-state index is 12.7. The van der Waals surface area contributed by atoms with Crippen molar-refractivity contribution >= 4 is 23.3 Å². The highest BCUT2D eigenvalue weighted by atomic mass is 16.5. The van der Waals surface area contributed by atoms with Crippen LogP contribution in [-0.2, 0) is 4.79 Å². The molecule has 3 atom stereocenters. The molecule has 7 heteroatoms. The zero-order valence-electron chi connectivity index (χ0n) is 17.8. The van der Waals surface area contributed by atoms with Crippen molar-refractivity contribution in [2.45, 2.75) is 38.8 Å². The highest BCUT2D eigenvalue weighted by Gasteiger charge is 2.47. The Morgan fingerprint density at radius 2 is 1.97 bits per heavy atom. The number of methoxy groups -OCH3 is 1. The van der Waals surface area contributed by atoms with E-state index in [1.807, 2.05) is 29.2 Å². The molecule has 1 aliphatic carbocycles. The van der Waals surface area contributed by atoms with Gasteiger partial charge in [0.25, 0.3) is 5.91 Å². The van der Waals surface area contributed by atoms with Crippen LogP contribution in [0, 0.1) is 11.8 Å². The van der Waals surface area contributed by atoms with Gasteiger partial charge in [-0.15, -0.1) is 0 Å². The number of nitrogens with zero attached hydrogens (tertiary/aromatic N) is 2. The summed E-state index contributed by atoms with van der Waals surface area (Å²) < 4.78 is 5.27. The second kappa shape index (κ2) is 7.97. The first kappa shape index (κ1) is 20.2. The molecule has 2 aliphatic rings. The second-order valence-corrected chi connectivity index (χ2v) is 8.12. The summed E-state index contributed by atoms with van der Waals surface area (Å²) in [4.78, 5) is 31.4. The van der Waals surface area contributed by atoms with Crippen LogP contribution < -0.4 is 20.3 Å². The SMILES string of the molecule is CNC(=O)c1ccc2c(c1)C(Nc1cccc(OC)n1)C(C)C(C1CC1)N2C(C)=O. The Hall–Kier alpha value is -3.09. The minimum atomic E-state index is -0.151. The number of anilines is 2. The molecule has 1 aromatic heterocycles. The fraction of sp³-hybridized carbons (Fsp3) is 0.435. The first-order valence-electron chi connectivity index (χ1n) is 10.4. The van der Waals surface area contributed by atoms with Gasteiger partial charge in [0.1, 0.15) is 5.82 Å². The maximum atomic E-state index is 12.7. The number of nitrogens with one attached hydrogen (secondary N) is 2. The monoisotopic (exact) mass is 408 g/mol. The van der Waals surface area contributed by atoms with Gasteiger partial charge in [0, 0.05) is 43.2 Å². The lowest BCUT2D eigenvalue weighted by Crippen LogP contribution is -2.51. The van der Waals surface area contributed by atoms with Gasteiger partial charge in [0.15, 0.2) is 0 Å². The average Bonchev–Trinajstić information content (AvgIpc) is 3.59. The number of amides is 2. The van der Waals surface area contributed by atoms with E-state index in [-0.39, 0.29) is 29.8 Å². The Kier molecular flexibility index (Phi) is 5.37. The molecule has 1 aromatic carbocycles. The van der Waals surface area contributed by atoms with Gasteiger partial charge in [-0.05, 0) is 48.6 Å². The van der Waals surface area contributed by atoms with Crippen molar-refractivity contribution in [2.24, 2.45) is 11.8 Å². The molecule has 2 N–H and O–H groups in total. The number of rotatable bonds is 5. The summed E-state index contributed by atoms with van der Waals surface area (Å²) in [6.45, 7) is 3.79. The van der Waals surface area contributed by atoms with Crippen molar-refractivity contribution in [1.29, 1.82) is 0 Å². The zero-order chi connectivity index (χ0) is 21.4. The third-order valence-corrected chi connectivity index (χ3v) is 6.15. The number of aromatic nitrogens is 1. The van der Waals surface area contributed by atoms with Crippen LogP contribution in [0.2, 0.25) is 0 Å². The number of hydrogen-bond donors (Lipinski definition) is 2. The molecule has 1 aliphatic heterocycles. The van der Waals surface area contributed by atoms with Crippen molar-refractivity contribution in [3.05, 3.63) is 47.5 Å². The van der Waals surface area contributed by atoms with E-state index in [4.69, 9.17) is 4.74 Å². The summed E-state index contributed by atoms with van der Waals surface area (Å²) in [7, 11) is 3.21. The van der Waals surface area contributed by atoms with Gasteiger partial charge >= 0.3 is 0 Å². The van der Waals surface area contributed by atoms with Gasteiger partial charge in [0.05, 0.1) is 13.2 Å². The van der Waals surface area contributed by atoms with Gasteiger partial charge in [-0.2, -0.15) is 4.98 Å².